The number of unbranched alkanes of at least 4 members (excludes halogenated alkanes) is 1. The molecule has 2 aromatic carbocycles. The standard InChI is InChI=1S/C29H34N2O2/c1-4-5-11-27(32)29-26(17-22(18-28(29)33)21-9-7-6-8-10-21)30-15-14-23-20(3)31-25-13-12-19(2)16-24(23)25/h6-10,12-13,16,22,31-32H,4-5,11,14-15,17-18H2,1-3H3/t22-/m1/s1. The van der Waals surface area contributed by atoms with E-state index in [4.69, 9.17) is 4.99 Å². The third kappa shape index (κ3) is 5.11. The number of aromatic amines is 1. The minimum absolute atomic E-state index is 0.0151. The number of aliphatic imine (C=N–C) groups is 1. The summed E-state index contributed by atoms with van der Waals surface area (Å²) >= 11 is 0. The largest absolute Gasteiger partial charge is 0.511 e. The molecule has 0 bridgehead atoms. The number of aromatic nitrogens is 1. The Hall–Kier alpha value is -3.14. The first-order chi connectivity index (χ1) is 16.0. The van der Waals surface area contributed by atoms with Gasteiger partial charge in [0.05, 0.1) is 5.57 Å². The molecule has 1 aliphatic carbocycles. The quantitative estimate of drug-likeness (QED) is 0.308. The lowest BCUT2D eigenvalue weighted by molar-refractivity contribution is -0.116. The zero-order valence-corrected chi connectivity index (χ0v) is 19.9. The van der Waals surface area contributed by atoms with Crippen LogP contribution < -0.4 is 0 Å². The molecule has 1 aromatic heterocycles. The van der Waals surface area contributed by atoms with E-state index in [1.54, 1.807) is 0 Å². The first-order valence-corrected chi connectivity index (χ1v) is 12.1. The average Bonchev–Trinajstić information content (AvgIpc) is 3.12. The van der Waals surface area contributed by atoms with Crippen molar-refractivity contribution in [3.63, 3.8) is 0 Å². The van der Waals surface area contributed by atoms with Crippen molar-refractivity contribution in [1.29, 1.82) is 0 Å². The number of fused-ring (bicyclic) bond motifs is 1. The van der Waals surface area contributed by atoms with Gasteiger partial charge in [-0.1, -0.05) is 55.3 Å². The lowest BCUT2D eigenvalue weighted by Crippen LogP contribution is -2.27. The van der Waals surface area contributed by atoms with Crippen molar-refractivity contribution in [3.05, 3.63) is 82.2 Å². The Bertz CT molecular complexity index is 1200. The molecule has 0 unspecified atom stereocenters. The Labute approximate surface area is 196 Å². The van der Waals surface area contributed by atoms with E-state index in [0.29, 0.717) is 31.4 Å². The summed E-state index contributed by atoms with van der Waals surface area (Å²) in [5.41, 5.74) is 7.23. The molecule has 1 aliphatic rings. The smallest absolute Gasteiger partial charge is 0.168 e. The molecule has 1 saturated carbocycles. The molecular weight excluding hydrogens is 408 g/mol. The molecular formula is C29H34N2O2. The third-order valence-corrected chi connectivity index (χ3v) is 6.71. The minimum atomic E-state index is 0.0151. The average molecular weight is 443 g/mol. The topological polar surface area (TPSA) is 65.4 Å². The number of aliphatic hydroxyl groups is 1. The van der Waals surface area contributed by atoms with Gasteiger partial charge in [0.25, 0.3) is 0 Å². The zero-order chi connectivity index (χ0) is 23.4. The molecule has 4 nitrogen and oxygen atoms in total. The maximum absolute atomic E-state index is 13.1. The summed E-state index contributed by atoms with van der Waals surface area (Å²) in [6.45, 7) is 6.90. The number of aliphatic hydroxyl groups excluding tert-OH is 1. The van der Waals surface area contributed by atoms with E-state index in [2.05, 4.69) is 56.1 Å². The molecule has 2 N–H and O–H groups in total. The molecule has 0 amide bonds. The van der Waals surface area contributed by atoms with Gasteiger partial charge in [-0.25, -0.2) is 0 Å². The number of nitrogens with zero attached hydrogens (tertiary/aromatic N) is 1. The number of allylic oxidation sites excluding steroid dienone is 2. The van der Waals surface area contributed by atoms with Crippen LogP contribution >= 0.6 is 0 Å². The van der Waals surface area contributed by atoms with E-state index < -0.39 is 0 Å². The van der Waals surface area contributed by atoms with Gasteiger partial charge in [0, 0.05) is 41.7 Å². The Morgan fingerprint density at radius 2 is 1.91 bits per heavy atom. The molecule has 172 valence electrons. The van der Waals surface area contributed by atoms with Crippen LogP contribution in [0, 0.1) is 13.8 Å². The summed E-state index contributed by atoms with van der Waals surface area (Å²) < 4.78 is 0. The first-order valence-electron chi connectivity index (χ1n) is 12.1. The van der Waals surface area contributed by atoms with Crippen LogP contribution in [0.3, 0.4) is 0 Å². The Kier molecular flexibility index (Phi) is 7.12. The van der Waals surface area contributed by atoms with Gasteiger partial charge in [0.1, 0.15) is 5.76 Å². The van der Waals surface area contributed by atoms with Crippen LogP contribution in [-0.2, 0) is 11.2 Å². The fourth-order valence-corrected chi connectivity index (χ4v) is 4.92. The van der Waals surface area contributed by atoms with Gasteiger partial charge in [0.2, 0.25) is 0 Å². The van der Waals surface area contributed by atoms with Gasteiger partial charge >= 0.3 is 0 Å². The second-order valence-electron chi connectivity index (χ2n) is 9.22. The summed E-state index contributed by atoms with van der Waals surface area (Å²) in [5.74, 6) is 0.338. The van der Waals surface area contributed by atoms with Crippen LogP contribution in [0.1, 0.15) is 67.3 Å². The Balaban J connectivity index is 1.62. The number of Topliss-reactive ketones (excluding diaryl/α,β-unsaturated/α-hetero) is 1. The zero-order valence-electron chi connectivity index (χ0n) is 19.9. The fraction of sp³-hybridized carbons (Fsp3) is 0.379. The Morgan fingerprint density at radius 3 is 2.67 bits per heavy atom. The molecule has 1 fully saturated rings. The number of benzene rings is 2. The summed E-state index contributed by atoms with van der Waals surface area (Å²) in [6, 6.07) is 16.7. The number of carbonyl (C=O) groups excluding carboxylic acids is 1. The van der Waals surface area contributed by atoms with Crippen molar-refractivity contribution in [2.45, 2.75) is 65.2 Å². The van der Waals surface area contributed by atoms with E-state index in [0.717, 1.165) is 36.1 Å². The molecule has 0 saturated heterocycles. The number of ketones is 1. The highest BCUT2D eigenvalue weighted by atomic mass is 16.3. The second-order valence-corrected chi connectivity index (χ2v) is 9.22. The number of H-pyrrole nitrogens is 1. The summed E-state index contributed by atoms with van der Waals surface area (Å²) in [7, 11) is 0. The minimum Gasteiger partial charge on any atom is -0.511 e. The van der Waals surface area contributed by atoms with Crippen LogP contribution in [0.4, 0.5) is 0 Å². The second kappa shape index (κ2) is 10.2. The molecule has 4 heteroatoms. The lowest BCUT2D eigenvalue weighted by Gasteiger charge is -2.26. The molecule has 4 rings (SSSR count). The summed E-state index contributed by atoms with van der Waals surface area (Å²) in [4.78, 5) is 21.6. The molecule has 3 aromatic rings. The van der Waals surface area contributed by atoms with E-state index in [-0.39, 0.29) is 17.5 Å². The van der Waals surface area contributed by atoms with Gasteiger partial charge in [0.15, 0.2) is 5.78 Å². The van der Waals surface area contributed by atoms with Crippen LogP contribution in [0.2, 0.25) is 0 Å². The highest BCUT2D eigenvalue weighted by Crippen LogP contribution is 2.34. The van der Waals surface area contributed by atoms with Gasteiger partial charge in [-0.15, -0.1) is 0 Å². The first kappa shape index (κ1) is 23.0. The number of nitrogens with one attached hydrogen (secondary N) is 1. The number of carbonyl (C=O) groups is 1. The van der Waals surface area contributed by atoms with Gasteiger partial charge < -0.3 is 10.1 Å². The molecule has 0 aliphatic heterocycles. The van der Waals surface area contributed by atoms with Crippen LogP contribution in [-0.4, -0.2) is 28.1 Å². The molecule has 33 heavy (non-hydrogen) atoms. The maximum Gasteiger partial charge on any atom is 0.168 e. The van der Waals surface area contributed by atoms with Crippen LogP contribution in [0.5, 0.6) is 0 Å². The molecule has 1 heterocycles. The molecule has 0 spiro atoms. The maximum atomic E-state index is 13.1. The van der Waals surface area contributed by atoms with E-state index in [1.807, 2.05) is 18.2 Å². The fourth-order valence-electron chi connectivity index (χ4n) is 4.92. The van der Waals surface area contributed by atoms with Crippen LogP contribution in [0.15, 0.2) is 64.9 Å². The monoisotopic (exact) mass is 442 g/mol. The number of rotatable bonds is 7. The summed E-state index contributed by atoms with van der Waals surface area (Å²) in [6.07, 6.45) is 4.29. The normalized spacial score (nSPS) is 19.4. The number of hydrogen-bond acceptors (Lipinski definition) is 3. The summed E-state index contributed by atoms with van der Waals surface area (Å²) in [5, 5.41) is 12.0. The van der Waals surface area contributed by atoms with E-state index in [9.17, 15) is 9.90 Å². The van der Waals surface area contributed by atoms with Crippen LogP contribution in [0.25, 0.3) is 10.9 Å². The SMILES string of the molecule is CCCCC(O)=C1C(=O)C[C@H](c2ccccc2)CC1=NCCc1c(C)[nH]c2ccc(C)cc12. The van der Waals surface area contributed by atoms with Crippen molar-refractivity contribution < 1.29 is 9.90 Å². The van der Waals surface area contributed by atoms with Crippen molar-refractivity contribution in [1.82, 2.24) is 4.98 Å². The van der Waals surface area contributed by atoms with Gasteiger partial charge in [-0.3, -0.25) is 9.79 Å². The van der Waals surface area contributed by atoms with Gasteiger partial charge in [-0.05, 0) is 62.3 Å². The highest BCUT2D eigenvalue weighted by molar-refractivity contribution is 6.24. The van der Waals surface area contributed by atoms with E-state index >= 15 is 0 Å². The Morgan fingerprint density at radius 1 is 1.12 bits per heavy atom. The molecule has 1 atom stereocenters. The number of hydrogen-bond donors (Lipinski definition) is 2. The predicted molar refractivity (Wildman–Crippen MR) is 136 cm³/mol. The van der Waals surface area contributed by atoms with Crippen molar-refractivity contribution in [3.8, 4) is 0 Å². The third-order valence-electron chi connectivity index (χ3n) is 6.71. The predicted octanol–water partition coefficient (Wildman–Crippen LogP) is 6.92. The highest BCUT2D eigenvalue weighted by Gasteiger charge is 2.32. The van der Waals surface area contributed by atoms with Crippen molar-refractivity contribution in [2.75, 3.05) is 6.54 Å². The molecule has 0 radical (unpaired) electrons. The van der Waals surface area contributed by atoms with Crippen molar-refractivity contribution >= 4 is 22.4 Å². The van der Waals surface area contributed by atoms with Gasteiger partial charge in [-0.2, -0.15) is 0 Å². The number of aryl methyl sites for hydroxylation is 2. The van der Waals surface area contributed by atoms with Crippen molar-refractivity contribution in [2.24, 2.45) is 4.99 Å². The van der Waals surface area contributed by atoms with E-state index in [1.165, 1.54) is 22.2 Å². The lowest BCUT2D eigenvalue weighted by atomic mass is 9.78.